The minimum atomic E-state index is -4.29. The molecule has 0 aromatic carbocycles. The van der Waals surface area contributed by atoms with Gasteiger partial charge in [0, 0.05) is 12.5 Å². The molecule has 2 atom stereocenters. The molecule has 1 aliphatic carbocycles. The molecular formula is C14H22F3NO3. The number of carbonyl (C=O) groups is 2. The van der Waals surface area contributed by atoms with Crippen molar-refractivity contribution in [3.63, 3.8) is 0 Å². The Morgan fingerprint density at radius 2 is 1.81 bits per heavy atom. The summed E-state index contributed by atoms with van der Waals surface area (Å²) in [5.74, 6) is -3.87. The maximum atomic E-state index is 12.8. The number of alkyl halides is 3. The number of carboxylic acids is 1. The van der Waals surface area contributed by atoms with Gasteiger partial charge in [-0.25, -0.2) is 4.79 Å². The first-order valence-corrected chi connectivity index (χ1v) is 7.13. The molecule has 0 spiro atoms. The van der Waals surface area contributed by atoms with Gasteiger partial charge in [0.2, 0.25) is 5.91 Å². The maximum Gasteiger partial charge on any atom is 0.391 e. The first kappa shape index (κ1) is 17.8. The fourth-order valence-corrected chi connectivity index (χ4v) is 2.87. The van der Waals surface area contributed by atoms with Crippen molar-refractivity contribution in [2.24, 2.45) is 11.8 Å². The summed E-state index contributed by atoms with van der Waals surface area (Å²) in [6, 6.07) is 0. The minimum absolute atomic E-state index is 0.0434. The van der Waals surface area contributed by atoms with E-state index >= 15 is 0 Å². The number of carbonyl (C=O) groups excluding carboxylic acids is 1. The Morgan fingerprint density at radius 3 is 2.24 bits per heavy atom. The molecule has 0 bridgehead atoms. The van der Waals surface area contributed by atoms with Crippen molar-refractivity contribution in [2.45, 2.75) is 58.2 Å². The van der Waals surface area contributed by atoms with Gasteiger partial charge in [0.05, 0.1) is 5.92 Å². The van der Waals surface area contributed by atoms with Gasteiger partial charge >= 0.3 is 12.1 Å². The monoisotopic (exact) mass is 309 g/mol. The summed E-state index contributed by atoms with van der Waals surface area (Å²) < 4.78 is 38.4. The van der Waals surface area contributed by atoms with Gasteiger partial charge in [-0.15, -0.1) is 0 Å². The number of halogens is 3. The van der Waals surface area contributed by atoms with E-state index in [1.54, 1.807) is 6.92 Å². The van der Waals surface area contributed by atoms with E-state index in [0.717, 1.165) is 0 Å². The Labute approximate surface area is 122 Å². The number of aliphatic carboxylic acids is 1. The van der Waals surface area contributed by atoms with Gasteiger partial charge in [0.25, 0.3) is 0 Å². The van der Waals surface area contributed by atoms with Crippen molar-refractivity contribution in [1.82, 2.24) is 4.90 Å². The van der Waals surface area contributed by atoms with Gasteiger partial charge in [-0.05, 0) is 40.0 Å². The first-order valence-electron chi connectivity index (χ1n) is 7.13. The predicted octanol–water partition coefficient (Wildman–Crippen LogP) is 3.07. The molecule has 0 radical (unpaired) electrons. The van der Waals surface area contributed by atoms with Crippen LogP contribution in [0.3, 0.4) is 0 Å². The summed E-state index contributed by atoms with van der Waals surface area (Å²) in [4.78, 5) is 24.9. The Balaban J connectivity index is 2.88. The molecule has 1 fully saturated rings. The van der Waals surface area contributed by atoms with Crippen LogP contribution >= 0.6 is 0 Å². The smallest absolute Gasteiger partial charge is 0.391 e. The molecule has 7 heteroatoms. The van der Waals surface area contributed by atoms with Gasteiger partial charge in [0.1, 0.15) is 5.54 Å². The summed E-state index contributed by atoms with van der Waals surface area (Å²) in [5, 5.41) is 9.20. The highest BCUT2D eigenvalue weighted by Gasteiger charge is 2.46. The molecule has 0 aromatic heterocycles. The lowest BCUT2D eigenvalue weighted by Crippen LogP contribution is -2.55. The molecule has 0 aromatic rings. The van der Waals surface area contributed by atoms with Crippen LogP contribution in [0.1, 0.15) is 46.5 Å². The van der Waals surface area contributed by atoms with Crippen molar-refractivity contribution in [3.8, 4) is 0 Å². The van der Waals surface area contributed by atoms with E-state index in [-0.39, 0.29) is 19.4 Å². The number of amides is 1. The van der Waals surface area contributed by atoms with Crippen LogP contribution in [0, 0.1) is 11.8 Å². The van der Waals surface area contributed by atoms with Crippen molar-refractivity contribution in [1.29, 1.82) is 0 Å². The summed E-state index contributed by atoms with van der Waals surface area (Å²) in [6.07, 6.45) is -3.77. The Bertz CT molecular complexity index is 407. The van der Waals surface area contributed by atoms with E-state index in [4.69, 9.17) is 0 Å². The molecule has 122 valence electrons. The van der Waals surface area contributed by atoms with Crippen LogP contribution < -0.4 is 0 Å². The van der Waals surface area contributed by atoms with Crippen LogP contribution in [-0.2, 0) is 9.59 Å². The second-order valence-electron chi connectivity index (χ2n) is 6.05. The van der Waals surface area contributed by atoms with Crippen molar-refractivity contribution in [2.75, 3.05) is 6.54 Å². The highest BCUT2D eigenvalue weighted by atomic mass is 19.4. The van der Waals surface area contributed by atoms with Crippen LogP contribution in [0.15, 0.2) is 0 Å². The molecule has 1 aliphatic rings. The predicted molar refractivity (Wildman–Crippen MR) is 70.6 cm³/mol. The maximum absolute atomic E-state index is 12.8. The highest BCUT2D eigenvalue weighted by Crippen LogP contribution is 2.40. The van der Waals surface area contributed by atoms with E-state index in [0.29, 0.717) is 12.8 Å². The van der Waals surface area contributed by atoms with Crippen LogP contribution in [0.2, 0.25) is 0 Å². The van der Waals surface area contributed by atoms with E-state index in [1.807, 2.05) is 0 Å². The Kier molecular flexibility index (Phi) is 5.28. The lowest BCUT2D eigenvalue weighted by molar-refractivity contribution is -0.188. The average Bonchev–Trinajstić information content (AvgIpc) is 2.38. The molecule has 4 nitrogen and oxygen atoms in total. The third kappa shape index (κ3) is 3.89. The fraction of sp³-hybridized carbons (Fsp3) is 0.857. The van der Waals surface area contributed by atoms with Gasteiger partial charge in [-0.3, -0.25) is 4.79 Å². The second kappa shape index (κ2) is 6.23. The zero-order chi connectivity index (χ0) is 16.4. The van der Waals surface area contributed by atoms with E-state index in [1.165, 1.54) is 18.7 Å². The van der Waals surface area contributed by atoms with Crippen LogP contribution in [0.5, 0.6) is 0 Å². The molecular weight excluding hydrogens is 287 g/mol. The fourth-order valence-electron chi connectivity index (χ4n) is 2.87. The van der Waals surface area contributed by atoms with Crippen LogP contribution in [0.4, 0.5) is 13.2 Å². The number of carboxylic acid groups (broad SMARTS) is 1. The summed E-state index contributed by atoms with van der Waals surface area (Å²) in [6.45, 7) is 4.57. The molecule has 1 amide bonds. The number of likely N-dealkylation sites (N-methyl/N-ethyl adjacent to an activating group) is 1. The van der Waals surface area contributed by atoms with E-state index < -0.39 is 35.4 Å². The van der Waals surface area contributed by atoms with E-state index in [2.05, 4.69) is 0 Å². The molecule has 2 unspecified atom stereocenters. The molecule has 1 rings (SSSR count). The number of nitrogens with zero attached hydrogens (tertiary/aromatic N) is 1. The SMILES string of the molecule is CCN(C(=O)C1CCCC(C(F)(F)F)C1)C(C)(C)C(=O)O. The van der Waals surface area contributed by atoms with Gasteiger partial charge in [-0.1, -0.05) is 6.42 Å². The molecule has 0 heterocycles. The molecule has 1 N–H and O–H groups in total. The topological polar surface area (TPSA) is 57.6 Å². The van der Waals surface area contributed by atoms with Crippen molar-refractivity contribution >= 4 is 11.9 Å². The summed E-state index contributed by atoms with van der Waals surface area (Å²) >= 11 is 0. The minimum Gasteiger partial charge on any atom is -0.480 e. The molecule has 1 saturated carbocycles. The zero-order valence-electron chi connectivity index (χ0n) is 12.5. The standard InChI is InChI=1S/C14H22F3NO3/c1-4-18(13(2,3)12(20)21)11(19)9-6-5-7-10(8-9)14(15,16)17/h9-10H,4-8H2,1-3H3,(H,20,21). The van der Waals surface area contributed by atoms with Gasteiger partial charge in [-0.2, -0.15) is 13.2 Å². The van der Waals surface area contributed by atoms with E-state index in [9.17, 15) is 27.9 Å². The zero-order valence-corrected chi connectivity index (χ0v) is 12.5. The van der Waals surface area contributed by atoms with Gasteiger partial charge < -0.3 is 10.0 Å². The Morgan fingerprint density at radius 1 is 1.24 bits per heavy atom. The number of hydrogen-bond acceptors (Lipinski definition) is 2. The lowest BCUT2D eigenvalue weighted by atomic mass is 9.79. The molecule has 0 saturated heterocycles. The quantitative estimate of drug-likeness (QED) is 0.868. The first-order chi connectivity index (χ1) is 9.51. The second-order valence-corrected chi connectivity index (χ2v) is 6.05. The third-order valence-electron chi connectivity index (χ3n) is 4.27. The summed E-state index contributed by atoms with van der Waals surface area (Å²) in [5.41, 5.74) is -1.42. The van der Waals surface area contributed by atoms with Gasteiger partial charge in [0.15, 0.2) is 0 Å². The normalized spacial score (nSPS) is 23.7. The number of rotatable bonds is 4. The van der Waals surface area contributed by atoms with Crippen LogP contribution in [0.25, 0.3) is 0 Å². The third-order valence-corrected chi connectivity index (χ3v) is 4.27. The molecule has 0 aliphatic heterocycles. The lowest BCUT2D eigenvalue weighted by Gasteiger charge is -2.39. The van der Waals surface area contributed by atoms with Crippen molar-refractivity contribution < 1.29 is 27.9 Å². The highest BCUT2D eigenvalue weighted by molar-refractivity contribution is 5.87. The number of hydrogen-bond donors (Lipinski definition) is 1. The van der Waals surface area contributed by atoms with Crippen molar-refractivity contribution in [3.05, 3.63) is 0 Å². The average molecular weight is 309 g/mol. The molecule has 21 heavy (non-hydrogen) atoms. The largest absolute Gasteiger partial charge is 0.480 e. The van der Waals surface area contributed by atoms with Crippen LogP contribution in [-0.4, -0.2) is 40.1 Å². The summed E-state index contributed by atoms with van der Waals surface area (Å²) in [7, 11) is 0. The Hall–Kier alpha value is -1.27.